The molecule has 0 spiro atoms. The first-order valence-corrected chi connectivity index (χ1v) is 10.1. The molecular weight excluding hydrogens is 377 g/mol. The first-order chi connectivity index (χ1) is 13.4. The van der Waals surface area contributed by atoms with Crippen LogP contribution in [0.4, 0.5) is 4.39 Å². The molecule has 0 unspecified atom stereocenters. The number of ether oxygens (including phenoxy) is 1. The molecule has 6 heteroatoms. The molecule has 28 heavy (non-hydrogen) atoms. The molecule has 0 radical (unpaired) electrons. The van der Waals surface area contributed by atoms with E-state index < -0.39 is 0 Å². The first-order valence-electron chi connectivity index (χ1n) is 9.15. The molecule has 0 aromatic heterocycles. The highest BCUT2D eigenvalue weighted by molar-refractivity contribution is 8.04. The maximum absolute atomic E-state index is 13.1. The fourth-order valence-corrected chi connectivity index (χ4v) is 3.85. The summed E-state index contributed by atoms with van der Waals surface area (Å²) >= 11 is 1.36. The van der Waals surface area contributed by atoms with E-state index in [-0.39, 0.29) is 30.3 Å². The van der Waals surface area contributed by atoms with Crippen molar-refractivity contribution in [2.75, 3.05) is 5.75 Å². The number of halogens is 1. The minimum atomic E-state index is -0.354. The lowest BCUT2D eigenvalue weighted by Crippen LogP contribution is -2.30. The van der Waals surface area contributed by atoms with E-state index in [2.05, 4.69) is 0 Å². The molecule has 1 heterocycles. The Morgan fingerprint density at radius 2 is 1.64 bits per heavy atom. The smallest absolute Gasteiger partial charge is 0.268 e. The van der Waals surface area contributed by atoms with Crippen molar-refractivity contribution in [1.29, 1.82) is 0 Å². The van der Waals surface area contributed by atoms with Gasteiger partial charge in [0.15, 0.2) is 0 Å². The van der Waals surface area contributed by atoms with E-state index in [9.17, 15) is 14.0 Å². The zero-order valence-electron chi connectivity index (χ0n) is 16.1. The second-order valence-corrected chi connectivity index (χ2v) is 7.93. The summed E-state index contributed by atoms with van der Waals surface area (Å²) in [4.78, 5) is 27.6. The lowest BCUT2D eigenvalue weighted by Gasteiger charge is -2.15. The molecule has 2 amide bonds. The molecule has 146 valence electrons. The summed E-state index contributed by atoms with van der Waals surface area (Å²) < 4.78 is 18.8. The van der Waals surface area contributed by atoms with Gasteiger partial charge in [-0.3, -0.25) is 14.5 Å². The SMILES string of the molecule is CCSC1=C(c2ccc(OC(C)C)cc2)C(=O)N(Cc2ccc(F)cc2)C1=O. The van der Waals surface area contributed by atoms with Crippen molar-refractivity contribution >= 4 is 29.1 Å². The third-order valence-electron chi connectivity index (χ3n) is 4.18. The van der Waals surface area contributed by atoms with E-state index in [0.717, 1.165) is 0 Å². The molecular formula is C22H22FNO3S. The maximum Gasteiger partial charge on any atom is 0.268 e. The largest absolute Gasteiger partial charge is 0.491 e. The number of carbonyl (C=O) groups excluding carboxylic acids is 2. The van der Waals surface area contributed by atoms with Crippen molar-refractivity contribution in [3.8, 4) is 5.75 Å². The highest BCUT2D eigenvalue weighted by atomic mass is 32.2. The lowest BCUT2D eigenvalue weighted by molar-refractivity contribution is -0.137. The first kappa shape index (κ1) is 20.1. The molecule has 0 saturated carbocycles. The Balaban J connectivity index is 1.90. The van der Waals surface area contributed by atoms with Crippen LogP contribution in [0.5, 0.6) is 5.75 Å². The van der Waals surface area contributed by atoms with Gasteiger partial charge in [-0.1, -0.05) is 31.2 Å². The molecule has 3 rings (SSSR count). The molecule has 0 aliphatic carbocycles. The molecule has 0 fully saturated rings. The Bertz CT molecular complexity index is 904. The summed E-state index contributed by atoms with van der Waals surface area (Å²) in [6.45, 7) is 5.94. The van der Waals surface area contributed by atoms with Crippen molar-refractivity contribution in [3.05, 3.63) is 70.4 Å². The van der Waals surface area contributed by atoms with Crippen LogP contribution in [0.15, 0.2) is 53.4 Å². The molecule has 4 nitrogen and oxygen atoms in total. The van der Waals surface area contributed by atoms with Gasteiger partial charge in [-0.15, -0.1) is 11.8 Å². The van der Waals surface area contributed by atoms with Crippen LogP contribution in [0.2, 0.25) is 0 Å². The zero-order valence-corrected chi connectivity index (χ0v) is 16.9. The van der Waals surface area contributed by atoms with Gasteiger partial charge in [0.05, 0.1) is 23.1 Å². The van der Waals surface area contributed by atoms with Gasteiger partial charge in [-0.05, 0) is 55.0 Å². The van der Waals surface area contributed by atoms with E-state index in [1.54, 1.807) is 36.4 Å². The van der Waals surface area contributed by atoms with Crippen molar-refractivity contribution in [1.82, 2.24) is 4.90 Å². The van der Waals surface area contributed by atoms with Crippen molar-refractivity contribution in [2.24, 2.45) is 0 Å². The Kier molecular flexibility index (Phi) is 6.19. The summed E-state index contributed by atoms with van der Waals surface area (Å²) in [5.41, 5.74) is 1.80. The molecule has 1 aliphatic heterocycles. The average molecular weight is 399 g/mol. The van der Waals surface area contributed by atoms with E-state index in [0.29, 0.717) is 33.1 Å². The van der Waals surface area contributed by atoms with Crippen LogP contribution in [-0.2, 0) is 16.1 Å². The van der Waals surface area contributed by atoms with Crippen molar-refractivity contribution in [2.45, 2.75) is 33.4 Å². The molecule has 0 atom stereocenters. The van der Waals surface area contributed by atoms with Gasteiger partial charge in [-0.25, -0.2) is 4.39 Å². The molecule has 0 saturated heterocycles. The molecule has 1 aliphatic rings. The Hall–Kier alpha value is -2.60. The van der Waals surface area contributed by atoms with Gasteiger partial charge >= 0.3 is 0 Å². The minimum absolute atomic E-state index is 0.0529. The minimum Gasteiger partial charge on any atom is -0.491 e. The monoisotopic (exact) mass is 399 g/mol. The Morgan fingerprint density at radius 1 is 1.00 bits per heavy atom. The number of nitrogens with zero attached hydrogens (tertiary/aromatic N) is 1. The number of hydrogen-bond donors (Lipinski definition) is 0. The van der Waals surface area contributed by atoms with Crippen LogP contribution in [0.1, 0.15) is 31.9 Å². The van der Waals surface area contributed by atoms with Gasteiger partial charge in [0, 0.05) is 0 Å². The standard InChI is InChI=1S/C22H22FNO3S/c1-4-28-20-19(16-7-11-18(12-8-16)27-14(2)3)21(25)24(22(20)26)13-15-5-9-17(23)10-6-15/h5-12,14H,4,13H2,1-3H3. The van der Waals surface area contributed by atoms with Gasteiger partial charge < -0.3 is 4.74 Å². The number of imide groups is 1. The molecule has 2 aromatic carbocycles. The topological polar surface area (TPSA) is 46.6 Å². The third kappa shape index (κ3) is 4.28. The number of thioether (sulfide) groups is 1. The lowest BCUT2D eigenvalue weighted by atomic mass is 10.1. The fraction of sp³-hybridized carbons (Fsp3) is 0.273. The summed E-state index contributed by atoms with van der Waals surface area (Å²) in [5, 5.41) is 0. The fourth-order valence-electron chi connectivity index (χ4n) is 2.97. The zero-order chi connectivity index (χ0) is 20.3. The summed E-state index contributed by atoms with van der Waals surface area (Å²) in [6, 6.07) is 13.0. The van der Waals surface area contributed by atoms with E-state index in [1.165, 1.54) is 28.8 Å². The molecule has 2 aromatic rings. The third-order valence-corrected chi connectivity index (χ3v) is 5.14. The Labute approximate surface area is 168 Å². The normalized spacial score (nSPS) is 14.4. The molecule has 0 bridgehead atoms. The highest BCUT2D eigenvalue weighted by Gasteiger charge is 2.38. The summed E-state index contributed by atoms with van der Waals surface area (Å²) in [7, 11) is 0. The second kappa shape index (κ2) is 8.61. The average Bonchev–Trinajstić information content (AvgIpc) is 2.89. The second-order valence-electron chi connectivity index (χ2n) is 6.65. The van der Waals surface area contributed by atoms with Crippen LogP contribution in [0.25, 0.3) is 5.57 Å². The number of carbonyl (C=O) groups is 2. The quantitative estimate of drug-likeness (QED) is 0.636. The number of hydrogen-bond acceptors (Lipinski definition) is 4. The maximum atomic E-state index is 13.1. The highest BCUT2D eigenvalue weighted by Crippen LogP contribution is 2.37. The number of benzene rings is 2. The summed E-state index contributed by atoms with van der Waals surface area (Å²) in [5.74, 6) is 0.398. The van der Waals surface area contributed by atoms with Crippen LogP contribution >= 0.6 is 11.8 Å². The van der Waals surface area contributed by atoms with Crippen molar-refractivity contribution in [3.63, 3.8) is 0 Å². The van der Waals surface area contributed by atoms with Crippen LogP contribution < -0.4 is 4.74 Å². The van der Waals surface area contributed by atoms with Gasteiger partial charge in [0.1, 0.15) is 11.6 Å². The number of amides is 2. The predicted octanol–water partition coefficient (Wildman–Crippen LogP) is 4.65. The van der Waals surface area contributed by atoms with Gasteiger partial charge in [0.2, 0.25) is 0 Å². The Morgan fingerprint density at radius 3 is 2.21 bits per heavy atom. The van der Waals surface area contributed by atoms with E-state index in [4.69, 9.17) is 4.74 Å². The van der Waals surface area contributed by atoms with Crippen LogP contribution in [0.3, 0.4) is 0 Å². The van der Waals surface area contributed by atoms with Crippen LogP contribution in [0, 0.1) is 5.82 Å². The van der Waals surface area contributed by atoms with Crippen molar-refractivity contribution < 1.29 is 18.7 Å². The van der Waals surface area contributed by atoms with E-state index >= 15 is 0 Å². The number of rotatable bonds is 7. The van der Waals surface area contributed by atoms with Gasteiger partial charge in [0.25, 0.3) is 11.8 Å². The van der Waals surface area contributed by atoms with Gasteiger partial charge in [-0.2, -0.15) is 0 Å². The predicted molar refractivity (Wildman–Crippen MR) is 109 cm³/mol. The summed E-state index contributed by atoms with van der Waals surface area (Å²) in [6.07, 6.45) is 0.0529. The van der Waals surface area contributed by atoms with Crippen LogP contribution in [-0.4, -0.2) is 28.6 Å². The van der Waals surface area contributed by atoms with E-state index in [1.807, 2.05) is 20.8 Å². The molecule has 0 N–H and O–H groups in total.